The van der Waals surface area contributed by atoms with Crippen LogP contribution in [0.3, 0.4) is 0 Å². The summed E-state index contributed by atoms with van der Waals surface area (Å²) in [7, 11) is 0. The van der Waals surface area contributed by atoms with Gasteiger partial charge in [0.25, 0.3) is 5.91 Å². The van der Waals surface area contributed by atoms with E-state index in [4.69, 9.17) is 0 Å². The number of fused-ring (bicyclic) bond motifs is 1. The van der Waals surface area contributed by atoms with Gasteiger partial charge < -0.3 is 19.7 Å². The molecule has 0 bridgehead atoms. The minimum Gasteiger partial charge on any atom is -0.390 e. The lowest BCUT2D eigenvalue weighted by atomic mass is 10.00. The van der Waals surface area contributed by atoms with Crippen LogP contribution in [0.15, 0.2) is 24.4 Å². The lowest BCUT2D eigenvalue weighted by Gasteiger charge is -2.19. The van der Waals surface area contributed by atoms with Crippen LogP contribution in [-0.4, -0.2) is 50.0 Å². The molecule has 6 heteroatoms. The second-order valence-electron chi connectivity index (χ2n) is 8.32. The van der Waals surface area contributed by atoms with Gasteiger partial charge in [-0.1, -0.05) is 6.07 Å². The van der Waals surface area contributed by atoms with E-state index in [-0.39, 0.29) is 5.91 Å². The van der Waals surface area contributed by atoms with Crippen molar-refractivity contribution in [3.8, 4) is 0 Å². The van der Waals surface area contributed by atoms with Crippen LogP contribution in [0.1, 0.15) is 69.1 Å². The molecule has 0 aromatic carbocycles. The summed E-state index contributed by atoms with van der Waals surface area (Å²) in [5.41, 5.74) is 1.69. The van der Waals surface area contributed by atoms with E-state index in [1.54, 1.807) is 0 Å². The summed E-state index contributed by atoms with van der Waals surface area (Å²) >= 11 is 0. The Bertz CT molecular complexity index is 772. The number of pyridine rings is 1. The van der Waals surface area contributed by atoms with Crippen molar-refractivity contribution in [2.45, 2.75) is 71.1 Å². The third-order valence-electron chi connectivity index (χ3n) is 5.27. The summed E-state index contributed by atoms with van der Waals surface area (Å²) in [5.74, 6) is 0.0442. The monoisotopic (exact) mass is 372 g/mol. The molecule has 27 heavy (non-hydrogen) atoms. The number of likely N-dealkylation sites (tertiary alicyclic amines) is 1. The number of hydrogen-bond donors (Lipinski definition) is 2. The molecule has 0 radical (unpaired) electrons. The molecule has 3 rings (SSSR count). The second-order valence-corrected chi connectivity index (χ2v) is 8.32. The van der Waals surface area contributed by atoms with Gasteiger partial charge in [0.15, 0.2) is 5.69 Å². The molecule has 1 saturated heterocycles. The highest BCUT2D eigenvalue weighted by Crippen LogP contribution is 2.19. The van der Waals surface area contributed by atoms with Gasteiger partial charge >= 0.3 is 0 Å². The molecule has 1 fully saturated rings. The highest BCUT2D eigenvalue weighted by atomic mass is 16.3. The Morgan fingerprint density at radius 2 is 2.07 bits per heavy atom. The maximum atomic E-state index is 13.0. The number of nitrogens with one attached hydrogen (secondary N) is 1. The molecule has 0 unspecified atom stereocenters. The van der Waals surface area contributed by atoms with E-state index in [1.165, 1.54) is 0 Å². The predicted octanol–water partition coefficient (Wildman–Crippen LogP) is 2.99. The zero-order valence-electron chi connectivity index (χ0n) is 16.7. The van der Waals surface area contributed by atoms with Crippen molar-refractivity contribution in [2.24, 2.45) is 0 Å². The van der Waals surface area contributed by atoms with Gasteiger partial charge in [-0.2, -0.15) is 0 Å². The first kappa shape index (κ1) is 19.8. The second kappa shape index (κ2) is 8.40. The average molecular weight is 373 g/mol. The van der Waals surface area contributed by atoms with Crippen LogP contribution in [0.4, 0.5) is 0 Å². The number of rotatable bonds is 8. The molecular formula is C21H32N4O2. The third kappa shape index (κ3) is 5.08. The van der Waals surface area contributed by atoms with Crippen molar-refractivity contribution < 1.29 is 9.90 Å². The van der Waals surface area contributed by atoms with Gasteiger partial charge in [0, 0.05) is 31.9 Å². The molecule has 2 aromatic heterocycles. The normalized spacial score (nSPS) is 16.2. The lowest BCUT2D eigenvalue weighted by Crippen LogP contribution is -2.31. The molecule has 1 aliphatic rings. The van der Waals surface area contributed by atoms with E-state index in [0.29, 0.717) is 18.3 Å². The Morgan fingerprint density at radius 1 is 1.33 bits per heavy atom. The first-order chi connectivity index (χ1) is 12.8. The largest absolute Gasteiger partial charge is 0.390 e. The molecule has 3 heterocycles. The fourth-order valence-electron chi connectivity index (χ4n) is 3.67. The summed E-state index contributed by atoms with van der Waals surface area (Å²) in [6, 6.07) is 6.16. The molecule has 0 aliphatic carbocycles. The Balaban J connectivity index is 1.70. The van der Waals surface area contributed by atoms with Crippen molar-refractivity contribution in [3.05, 3.63) is 35.8 Å². The highest BCUT2D eigenvalue weighted by molar-refractivity contribution is 5.94. The van der Waals surface area contributed by atoms with Crippen LogP contribution < -0.4 is 5.32 Å². The Hall–Kier alpha value is -1.92. The van der Waals surface area contributed by atoms with Gasteiger partial charge in [-0.05, 0) is 65.0 Å². The molecule has 2 aromatic rings. The number of imidazole rings is 1. The van der Waals surface area contributed by atoms with Crippen LogP contribution >= 0.6 is 0 Å². The fourth-order valence-corrected chi connectivity index (χ4v) is 3.67. The SMILES string of the molecule is C[C@@H](CCCC(C)(C)O)NCc1c(C(=O)N2CCCC2)nc2ccccn12. The van der Waals surface area contributed by atoms with Gasteiger partial charge in [0.05, 0.1) is 11.3 Å². The zero-order chi connectivity index (χ0) is 19.4. The van der Waals surface area contributed by atoms with Crippen molar-refractivity contribution in [1.82, 2.24) is 19.6 Å². The highest BCUT2D eigenvalue weighted by Gasteiger charge is 2.26. The van der Waals surface area contributed by atoms with Gasteiger partial charge in [-0.25, -0.2) is 4.98 Å². The van der Waals surface area contributed by atoms with E-state index >= 15 is 0 Å². The van der Waals surface area contributed by atoms with Crippen LogP contribution in [0.5, 0.6) is 0 Å². The van der Waals surface area contributed by atoms with Crippen molar-refractivity contribution in [2.75, 3.05) is 13.1 Å². The Labute approximate surface area is 161 Å². The van der Waals surface area contributed by atoms with Gasteiger partial charge in [0.2, 0.25) is 0 Å². The smallest absolute Gasteiger partial charge is 0.274 e. The molecule has 148 valence electrons. The van der Waals surface area contributed by atoms with Crippen molar-refractivity contribution in [1.29, 1.82) is 0 Å². The van der Waals surface area contributed by atoms with Crippen LogP contribution in [0, 0.1) is 0 Å². The molecule has 0 spiro atoms. The van der Waals surface area contributed by atoms with Crippen molar-refractivity contribution >= 4 is 11.6 Å². The maximum absolute atomic E-state index is 13.0. The Kier molecular flexibility index (Phi) is 6.17. The molecule has 1 atom stereocenters. The zero-order valence-corrected chi connectivity index (χ0v) is 16.7. The molecule has 2 N–H and O–H groups in total. The van der Waals surface area contributed by atoms with E-state index in [2.05, 4.69) is 17.2 Å². The van der Waals surface area contributed by atoms with Crippen LogP contribution in [0.25, 0.3) is 5.65 Å². The first-order valence-corrected chi connectivity index (χ1v) is 10.1. The van der Waals surface area contributed by atoms with Crippen LogP contribution in [-0.2, 0) is 6.54 Å². The predicted molar refractivity (Wildman–Crippen MR) is 107 cm³/mol. The van der Waals surface area contributed by atoms with Crippen molar-refractivity contribution in [3.63, 3.8) is 0 Å². The lowest BCUT2D eigenvalue weighted by molar-refractivity contribution is 0.0674. The molecular weight excluding hydrogens is 340 g/mol. The van der Waals surface area contributed by atoms with Gasteiger partial charge in [-0.15, -0.1) is 0 Å². The molecule has 6 nitrogen and oxygen atoms in total. The summed E-state index contributed by atoms with van der Waals surface area (Å²) in [4.78, 5) is 19.5. The fraction of sp³-hybridized carbons (Fsp3) is 0.619. The summed E-state index contributed by atoms with van der Waals surface area (Å²) in [6.45, 7) is 8.10. The summed E-state index contributed by atoms with van der Waals surface area (Å²) in [6.07, 6.45) is 6.85. The van der Waals surface area contributed by atoms with E-state index in [9.17, 15) is 9.90 Å². The van der Waals surface area contributed by atoms with E-state index < -0.39 is 5.60 Å². The number of carbonyl (C=O) groups is 1. The number of nitrogens with zero attached hydrogens (tertiary/aromatic N) is 3. The molecule has 0 saturated carbocycles. The topological polar surface area (TPSA) is 69.9 Å². The van der Waals surface area contributed by atoms with E-state index in [1.807, 2.05) is 47.5 Å². The van der Waals surface area contributed by atoms with Gasteiger partial charge in [-0.3, -0.25) is 4.79 Å². The maximum Gasteiger partial charge on any atom is 0.274 e. The third-order valence-corrected chi connectivity index (χ3v) is 5.27. The first-order valence-electron chi connectivity index (χ1n) is 10.1. The number of aromatic nitrogens is 2. The quantitative estimate of drug-likeness (QED) is 0.747. The Morgan fingerprint density at radius 3 is 2.78 bits per heavy atom. The minimum absolute atomic E-state index is 0.0442. The summed E-state index contributed by atoms with van der Waals surface area (Å²) in [5, 5.41) is 13.4. The number of aliphatic hydroxyl groups is 1. The standard InChI is InChI=1S/C21H32N4O2/c1-16(9-8-11-21(2,3)27)22-15-17-19(20(26)24-12-6-7-13-24)23-18-10-4-5-14-25(17)18/h4-5,10,14,16,22,27H,6-9,11-13,15H2,1-3H3/t16-/m0/s1. The summed E-state index contributed by atoms with van der Waals surface area (Å²) < 4.78 is 2.01. The average Bonchev–Trinajstić information content (AvgIpc) is 3.26. The molecule has 1 amide bonds. The van der Waals surface area contributed by atoms with Crippen LogP contribution in [0.2, 0.25) is 0 Å². The van der Waals surface area contributed by atoms with Gasteiger partial charge in [0.1, 0.15) is 5.65 Å². The number of amides is 1. The van der Waals surface area contributed by atoms with E-state index in [0.717, 1.165) is 56.5 Å². The number of hydrogen-bond acceptors (Lipinski definition) is 4. The minimum atomic E-state index is -0.614. The molecule has 1 aliphatic heterocycles. The number of carbonyl (C=O) groups excluding carboxylic acids is 1.